The highest BCUT2D eigenvalue weighted by Crippen LogP contribution is 2.16. The fourth-order valence-corrected chi connectivity index (χ4v) is 2.56. The van der Waals surface area contributed by atoms with Gasteiger partial charge in [-0.2, -0.15) is 0 Å². The van der Waals surface area contributed by atoms with Gasteiger partial charge in [0.25, 0.3) is 0 Å². The van der Waals surface area contributed by atoms with E-state index in [1.807, 2.05) is 31.4 Å². The molecule has 0 spiro atoms. The van der Waals surface area contributed by atoms with Crippen LogP contribution in [-0.4, -0.2) is 28.1 Å². The maximum Gasteiger partial charge on any atom is 0.0830 e. The van der Waals surface area contributed by atoms with Crippen molar-refractivity contribution in [3.05, 3.63) is 46.7 Å². The van der Waals surface area contributed by atoms with Gasteiger partial charge in [0.1, 0.15) is 0 Å². The Hall–Kier alpha value is -1.39. The Kier molecular flexibility index (Phi) is 5.56. The first-order valence-electron chi connectivity index (χ1n) is 6.97. The minimum absolute atomic E-state index is 0.491. The second-order valence-electron chi connectivity index (χ2n) is 5.10. The first-order valence-corrected chi connectivity index (χ1v) is 7.35. The molecule has 2 rings (SSSR count). The average molecular weight is 293 g/mol. The number of halogens is 1. The lowest BCUT2D eigenvalue weighted by molar-refractivity contribution is 0.473. The van der Waals surface area contributed by atoms with Crippen LogP contribution in [0.15, 0.2) is 30.5 Å². The van der Waals surface area contributed by atoms with Gasteiger partial charge in [-0.3, -0.25) is 4.68 Å². The summed E-state index contributed by atoms with van der Waals surface area (Å²) >= 11 is 6.05. The predicted octanol–water partition coefficient (Wildman–Crippen LogP) is 2.48. The average Bonchev–Trinajstić information content (AvgIpc) is 2.81. The lowest BCUT2D eigenvalue weighted by Gasteiger charge is -2.16. The number of rotatable bonds is 7. The summed E-state index contributed by atoms with van der Waals surface area (Å²) in [5, 5.41) is 12.4. The van der Waals surface area contributed by atoms with Crippen molar-refractivity contribution < 1.29 is 0 Å². The topological polar surface area (TPSA) is 42.7 Å². The highest BCUT2D eigenvalue weighted by molar-refractivity contribution is 6.30. The quantitative estimate of drug-likeness (QED) is 0.852. The molecule has 1 heterocycles. The van der Waals surface area contributed by atoms with E-state index in [-0.39, 0.29) is 0 Å². The number of hydrogen-bond donors (Lipinski definition) is 1. The van der Waals surface area contributed by atoms with Crippen molar-refractivity contribution in [2.45, 2.75) is 19.8 Å². The van der Waals surface area contributed by atoms with Crippen LogP contribution < -0.4 is 5.32 Å². The Labute approximate surface area is 125 Å². The van der Waals surface area contributed by atoms with Crippen LogP contribution in [0.5, 0.6) is 0 Å². The van der Waals surface area contributed by atoms with Crippen LogP contribution in [-0.2, 0) is 19.9 Å². The van der Waals surface area contributed by atoms with Gasteiger partial charge in [0.05, 0.1) is 5.69 Å². The van der Waals surface area contributed by atoms with Crippen LogP contribution in [0.1, 0.15) is 18.2 Å². The zero-order valence-corrected chi connectivity index (χ0v) is 12.8. The third kappa shape index (κ3) is 4.62. The molecule has 0 aliphatic carbocycles. The highest BCUT2D eigenvalue weighted by Gasteiger charge is 2.13. The summed E-state index contributed by atoms with van der Waals surface area (Å²) in [4.78, 5) is 0. The molecule has 0 fully saturated rings. The van der Waals surface area contributed by atoms with Crippen molar-refractivity contribution in [3.63, 3.8) is 0 Å². The first kappa shape index (κ1) is 15.0. The minimum atomic E-state index is 0.491. The highest BCUT2D eigenvalue weighted by atomic mass is 35.5. The smallest absolute Gasteiger partial charge is 0.0830 e. The van der Waals surface area contributed by atoms with Crippen molar-refractivity contribution >= 4 is 11.6 Å². The molecule has 108 valence electrons. The van der Waals surface area contributed by atoms with E-state index in [1.165, 1.54) is 5.56 Å². The van der Waals surface area contributed by atoms with E-state index in [0.717, 1.165) is 36.6 Å². The normalized spacial score (nSPS) is 12.6. The number of hydrogen-bond acceptors (Lipinski definition) is 3. The van der Waals surface area contributed by atoms with E-state index >= 15 is 0 Å². The van der Waals surface area contributed by atoms with Gasteiger partial charge in [0, 0.05) is 18.3 Å². The van der Waals surface area contributed by atoms with E-state index in [9.17, 15) is 0 Å². The molecule has 1 aromatic heterocycles. The van der Waals surface area contributed by atoms with Gasteiger partial charge in [-0.25, -0.2) is 0 Å². The number of nitrogens with zero attached hydrogens (tertiary/aromatic N) is 3. The largest absolute Gasteiger partial charge is 0.317 e. The predicted molar refractivity (Wildman–Crippen MR) is 81.9 cm³/mol. The zero-order valence-electron chi connectivity index (χ0n) is 12.0. The summed E-state index contributed by atoms with van der Waals surface area (Å²) < 4.78 is 1.75. The van der Waals surface area contributed by atoms with Crippen molar-refractivity contribution in [1.82, 2.24) is 20.3 Å². The van der Waals surface area contributed by atoms with E-state index in [4.69, 9.17) is 11.6 Å². The Bertz CT molecular complexity index is 538. The van der Waals surface area contributed by atoms with Crippen LogP contribution in [0, 0.1) is 5.92 Å². The standard InChI is InChI=1S/C15H21ClN4/c1-3-17-10-13(9-15-11-20(2)19-18-15)7-12-5-4-6-14(16)8-12/h4-6,8,11,13,17H,3,7,9-10H2,1-2H3. The zero-order chi connectivity index (χ0) is 14.4. The Morgan fingerprint density at radius 2 is 2.20 bits per heavy atom. The molecule has 0 amide bonds. The van der Waals surface area contributed by atoms with E-state index < -0.39 is 0 Å². The molecule has 4 nitrogen and oxygen atoms in total. The minimum Gasteiger partial charge on any atom is -0.317 e. The molecule has 0 saturated heterocycles. The van der Waals surface area contributed by atoms with Crippen molar-refractivity contribution in [2.24, 2.45) is 13.0 Å². The molecule has 1 aromatic carbocycles. The summed E-state index contributed by atoms with van der Waals surface area (Å²) in [5.74, 6) is 0.491. The SMILES string of the molecule is CCNCC(Cc1cccc(Cl)c1)Cc1cn(C)nn1. The monoisotopic (exact) mass is 292 g/mol. The summed E-state index contributed by atoms with van der Waals surface area (Å²) in [7, 11) is 1.90. The molecule has 20 heavy (non-hydrogen) atoms. The van der Waals surface area contributed by atoms with E-state index in [0.29, 0.717) is 5.92 Å². The van der Waals surface area contributed by atoms with Gasteiger partial charge in [0.2, 0.25) is 0 Å². The van der Waals surface area contributed by atoms with Gasteiger partial charge >= 0.3 is 0 Å². The molecule has 0 radical (unpaired) electrons. The molecule has 1 N–H and O–H groups in total. The fraction of sp³-hybridized carbons (Fsp3) is 0.467. The van der Waals surface area contributed by atoms with Crippen LogP contribution in [0.25, 0.3) is 0 Å². The van der Waals surface area contributed by atoms with Gasteiger partial charge < -0.3 is 5.32 Å². The van der Waals surface area contributed by atoms with Crippen molar-refractivity contribution in [1.29, 1.82) is 0 Å². The van der Waals surface area contributed by atoms with Gasteiger partial charge in [-0.15, -0.1) is 5.10 Å². The summed E-state index contributed by atoms with van der Waals surface area (Å²) in [6.45, 7) is 4.07. The van der Waals surface area contributed by atoms with Crippen LogP contribution in [0.3, 0.4) is 0 Å². The maximum atomic E-state index is 6.05. The maximum absolute atomic E-state index is 6.05. The first-order chi connectivity index (χ1) is 9.67. The number of aromatic nitrogens is 3. The molecule has 0 aliphatic rings. The Morgan fingerprint density at radius 3 is 2.85 bits per heavy atom. The summed E-state index contributed by atoms with van der Waals surface area (Å²) in [5.41, 5.74) is 2.31. The molecule has 1 atom stereocenters. The van der Waals surface area contributed by atoms with Gasteiger partial charge in [0.15, 0.2) is 0 Å². The van der Waals surface area contributed by atoms with Crippen molar-refractivity contribution in [3.8, 4) is 0 Å². The third-order valence-electron chi connectivity index (χ3n) is 3.24. The summed E-state index contributed by atoms with van der Waals surface area (Å²) in [6.07, 6.45) is 3.90. The number of aryl methyl sites for hydroxylation is 1. The second kappa shape index (κ2) is 7.41. The Balaban J connectivity index is 2.02. The molecule has 2 aromatic rings. The number of nitrogens with one attached hydrogen (secondary N) is 1. The fourth-order valence-electron chi connectivity index (χ4n) is 2.35. The van der Waals surface area contributed by atoms with Gasteiger partial charge in [-0.05, 0) is 49.5 Å². The van der Waals surface area contributed by atoms with Crippen LogP contribution in [0.2, 0.25) is 5.02 Å². The molecule has 1 unspecified atom stereocenters. The number of benzene rings is 1. The Morgan fingerprint density at radius 1 is 1.35 bits per heavy atom. The second-order valence-corrected chi connectivity index (χ2v) is 5.53. The molecule has 5 heteroatoms. The van der Waals surface area contributed by atoms with Crippen molar-refractivity contribution in [2.75, 3.05) is 13.1 Å². The molecule has 0 bridgehead atoms. The molecular formula is C15H21ClN4. The van der Waals surface area contributed by atoms with E-state index in [1.54, 1.807) is 4.68 Å². The van der Waals surface area contributed by atoms with Gasteiger partial charge in [-0.1, -0.05) is 35.9 Å². The molecular weight excluding hydrogens is 272 g/mol. The molecule has 0 saturated carbocycles. The van der Waals surface area contributed by atoms with E-state index in [2.05, 4.69) is 28.6 Å². The lowest BCUT2D eigenvalue weighted by atomic mass is 9.95. The lowest BCUT2D eigenvalue weighted by Crippen LogP contribution is -2.25. The van der Waals surface area contributed by atoms with Crippen LogP contribution >= 0.6 is 11.6 Å². The summed E-state index contributed by atoms with van der Waals surface area (Å²) in [6, 6.07) is 8.08. The third-order valence-corrected chi connectivity index (χ3v) is 3.48. The molecule has 0 aliphatic heterocycles. The van der Waals surface area contributed by atoms with Crippen LogP contribution in [0.4, 0.5) is 0 Å².